The first-order valence-corrected chi connectivity index (χ1v) is 9.58. The largest absolute Gasteiger partial charge is 0.464 e. The quantitative estimate of drug-likeness (QED) is 0.574. The monoisotopic (exact) mass is 389 g/mol. The van der Waals surface area contributed by atoms with Gasteiger partial charge in [-0.2, -0.15) is 4.84 Å². The van der Waals surface area contributed by atoms with Crippen LogP contribution in [-0.4, -0.2) is 41.8 Å². The maximum absolute atomic E-state index is 12.6. The summed E-state index contributed by atoms with van der Waals surface area (Å²) in [6.07, 6.45) is 0.576. The molecule has 152 valence electrons. The number of hydrogen-bond donors (Lipinski definition) is 0. The fraction of sp³-hybridized carbons (Fsp3) is 0.571. The van der Waals surface area contributed by atoms with Crippen molar-refractivity contribution in [2.45, 2.75) is 58.8 Å². The van der Waals surface area contributed by atoms with E-state index in [4.69, 9.17) is 14.3 Å². The molecule has 2 atom stereocenters. The number of benzene rings is 1. The Kier molecular flexibility index (Phi) is 7.68. The van der Waals surface area contributed by atoms with Gasteiger partial charge in [-0.3, -0.25) is 4.90 Å². The molecule has 0 aromatic heterocycles. The highest BCUT2D eigenvalue weighted by molar-refractivity contribution is 5.81. The normalized spacial score (nSPS) is 19.2. The zero-order valence-corrected chi connectivity index (χ0v) is 17.0. The second kappa shape index (κ2) is 9.98. The molecule has 2 rings (SSSR count). The van der Waals surface area contributed by atoms with Crippen molar-refractivity contribution in [3.8, 4) is 6.07 Å². The zero-order chi connectivity index (χ0) is 20.6. The number of amides is 1. The summed E-state index contributed by atoms with van der Waals surface area (Å²) in [6, 6.07) is 12.0. The molecule has 1 saturated heterocycles. The first-order valence-electron chi connectivity index (χ1n) is 9.58. The lowest BCUT2D eigenvalue weighted by Gasteiger charge is -2.36. The van der Waals surface area contributed by atoms with Crippen LogP contribution >= 0.6 is 0 Å². The van der Waals surface area contributed by atoms with Gasteiger partial charge in [0.2, 0.25) is 11.6 Å². The van der Waals surface area contributed by atoms with E-state index in [1.807, 2.05) is 30.3 Å². The molecule has 1 aromatic carbocycles. The molecule has 0 aliphatic carbocycles. The van der Waals surface area contributed by atoms with Gasteiger partial charge in [-0.15, -0.1) is 0 Å². The van der Waals surface area contributed by atoms with E-state index in [1.165, 1.54) is 4.90 Å². The van der Waals surface area contributed by atoms with Crippen LogP contribution in [0.1, 0.15) is 46.1 Å². The van der Waals surface area contributed by atoms with E-state index < -0.39 is 23.7 Å². The molecule has 0 saturated carbocycles. The Balaban J connectivity index is 2.00. The zero-order valence-electron chi connectivity index (χ0n) is 17.0. The van der Waals surface area contributed by atoms with E-state index in [-0.39, 0.29) is 19.1 Å². The Morgan fingerprint density at radius 1 is 1.21 bits per heavy atom. The molecule has 28 heavy (non-hydrogen) atoms. The number of likely N-dealkylation sites (tertiary alicyclic amines) is 1. The van der Waals surface area contributed by atoms with Crippen molar-refractivity contribution in [1.29, 1.82) is 0 Å². The van der Waals surface area contributed by atoms with Crippen LogP contribution in [-0.2, 0) is 25.7 Å². The van der Waals surface area contributed by atoms with Crippen LogP contribution in [0.25, 0.3) is 5.01 Å². The molecule has 1 heterocycles. The van der Waals surface area contributed by atoms with Crippen molar-refractivity contribution in [1.82, 2.24) is 4.90 Å². The Morgan fingerprint density at radius 2 is 1.93 bits per heavy atom. The Hall–Kier alpha value is -2.75. The van der Waals surface area contributed by atoms with Gasteiger partial charge >= 0.3 is 18.1 Å². The van der Waals surface area contributed by atoms with Crippen molar-refractivity contribution in [3.63, 3.8) is 0 Å². The molecule has 0 N–H and O–H groups in total. The lowest BCUT2D eigenvalue weighted by molar-refractivity contribution is -0.151. The van der Waals surface area contributed by atoms with Gasteiger partial charge < -0.3 is 9.47 Å². The lowest BCUT2D eigenvalue weighted by Crippen LogP contribution is -2.52. The predicted octanol–water partition coefficient (Wildman–Crippen LogP) is 4.03. The number of nitrogens with zero attached hydrogens (tertiary/aromatic N) is 2. The number of carbonyl (C=O) groups excluding carboxylic acids is 2. The summed E-state index contributed by atoms with van der Waals surface area (Å²) in [5.74, 6) is -0.557. The topological polar surface area (TPSA) is 69.4 Å². The maximum atomic E-state index is 12.6. The number of esters is 1. The molecule has 1 aliphatic heterocycles. The number of rotatable bonds is 4. The summed E-state index contributed by atoms with van der Waals surface area (Å²) in [7, 11) is 0. The summed E-state index contributed by atoms with van der Waals surface area (Å²) in [5, 5.41) is 3.92. The Labute approximate surface area is 166 Å². The highest BCUT2D eigenvalue weighted by Gasteiger charge is 2.40. The average Bonchev–Trinajstić information content (AvgIpc) is 2.65. The highest BCUT2D eigenvalue weighted by atomic mass is 16.6. The van der Waals surface area contributed by atoms with Gasteiger partial charge in [-0.25, -0.2) is 9.59 Å². The number of hydrogen-bond acceptors (Lipinski definition) is 5. The predicted molar refractivity (Wildman–Crippen MR) is 105 cm³/mol. The molecule has 0 bridgehead atoms. The second-order valence-electron chi connectivity index (χ2n) is 7.65. The fourth-order valence-electron chi connectivity index (χ4n) is 2.87. The summed E-state index contributed by atoms with van der Waals surface area (Å²) in [4.78, 5) is 31.6. The van der Waals surface area contributed by atoms with E-state index in [9.17, 15) is 9.59 Å². The van der Waals surface area contributed by atoms with Crippen LogP contribution in [0, 0.1) is 12.0 Å². The Bertz CT molecular complexity index is 718. The van der Waals surface area contributed by atoms with Crippen molar-refractivity contribution >= 4 is 12.1 Å². The minimum atomic E-state index is -0.655. The first kappa shape index (κ1) is 21.5. The van der Waals surface area contributed by atoms with Crippen LogP contribution in [0.4, 0.5) is 4.79 Å². The molecule has 1 aliphatic rings. The van der Waals surface area contributed by atoms with Crippen molar-refractivity contribution in [2.75, 3.05) is 13.2 Å². The van der Waals surface area contributed by atoms with Gasteiger partial charge in [0.1, 0.15) is 17.6 Å². The van der Waals surface area contributed by atoms with Crippen molar-refractivity contribution in [3.05, 3.63) is 40.9 Å². The number of ether oxygens (including phenoxy) is 2. The molecule has 7 nitrogen and oxygen atoms in total. The lowest BCUT2D eigenvalue weighted by atomic mass is 9.94. The highest BCUT2D eigenvalue weighted by Crippen LogP contribution is 2.25. The van der Waals surface area contributed by atoms with Gasteiger partial charge in [0.25, 0.3) is 0 Å². The third-order valence-electron chi connectivity index (χ3n) is 4.14. The maximum Gasteiger partial charge on any atom is 0.411 e. The second-order valence-corrected chi connectivity index (χ2v) is 7.65. The fourth-order valence-corrected chi connectivity index (χ4v) is 2.87. The standard InChI is InChI=1S/C21H29N2O5/c1-5-26-19(24)18-12-11-17(14-23(18)20(25)28-21(2,3)4)13-22-27-15-16-9-7-6-8-10-16/h6-10,17-18H,5,11-12,14-15H2,1-4H3/q+1/t17?,18-/m1/s1. The summed E-state index contributed by atoms with van der Waals surface area (Å²) >= 11 is 0. The smallest absolute Gasteiger partial charge is 0.411 e. The van der Waals surface area contributed by atoms with Gasteiger partial charge in [0.05, 0.1) is 6.61 Å². The summed E-state index contributed by atoms with van der Waals surface area (Å²) in [6.45, 7) is 8.00. The summed E-state index contributed by atoms with van der Waals surface area (Å²) < 4.78 is 10.6. The third-order valence-corrected chi connectivity index (χ3v) is 4.14. The van der Waals surface area contributed by atoms with E-state index >= 15 is 0 Å². The van der Waals surface area contributed by atoms with Gasteiger partial charge in [-0.1, -0.05) is 30.3 Å². The molecule has 1 aromatic rings. The third kappa shape index (κ3) is 6.76. The average molecular weight is 389 g/mol. The molecular formula is C21H29N2O5+. The van der Waals surface area contributed by atoms with E-state index in [0.29, 0.717) is 19.4 Å². The van der Waals surface area contributed by atoms with Gasteiger partial charge in [0.15, 0.2) is 0 Å². The Morgan fingerprint density at radius 3 is 2.57 bits per heavy atom. The molecule has 0 radical (unpaired) electrons. The van der Waals surface area contributed by atoms with Gasteiger partial charge in [0, 0.05) is 6.54 Å². The molecule has 0 spiro atoms. The molecular weight excluding hydrogens is 360 g/mol. The van der Waals surface area contributed by atoms with E-state index in [2.05, 4.69) is 11.1 Å². The molecule has 1 unspecified atom stereocenters. The van der Waals surface area contributed by atoms with Gasteiger partial charge in [-0.05, 0) is 46.1 Å². The van der Waals surface area contributed by atoms with Crippen LogP contribution in [0.15, 0.2) is 30.3 Å². The molecule has 7 heteroatoms. The van der Waals surface area contributed by atoms with Crippen LogP contribution < -0.4 is 0 Å². The first-order chi connectivity index (χ1) is 13.3. The molecule has 1 amide bonds. The van der Waals surface area contributed by atoms with Crippen molar-refractivity contribution in [2.24, 2.45) is 5.92 Å². The van der Waals surface area contributed by atoms with E-state index in [1.54, 1.807) is 27.7 Å². The van der Waals surface area contributed by atoms with Crippen molar-refractivity contribution < 1.29 is 23.9 Å². The summed E-state index contributed by atoms with van der Waals surface area (Å²) in [5.41, 5.74) is 0.356. The SMILES string of the molecule is CCOC(=O)[C@H]1CCC(C#[N+]OCc2ccccc2)CN1C(=O)OC(C)(C)C. The number of piperidine rings is 1. The number of carbonyl (C=O) groups is 2. The minimum absolute atomic E-state index is 0.144. The van der Waals surface area contributed by atoms with Crippen LogP contribution in [0.2, 0.25) is 0 Å². The minimum Gasteiger partial charge on any atom is -0.464 e. The van der Waals surface area contributed by atoms with Crippen LogP contribution in [0.5, 0.6) is 0 Å². The molecule has 1 fully saturated rings. The van der Waals surface area contributed by atoms with E-state index in [0.717, 1.165) is 5.56 Å². The van der Waals surface area contributed by atoms with Crippen LogP contribution in [0.3, 0.4) is 0 Å².